The van der Waals surface area contributed by atoms with Crippen LogP contribution in [0.15, 0.2) is 48.5 Å². The van der Waals surface area contributed by atoms with Gasteiger partial charge in [0.15, 0.2) is 11.5 Å². The summed E-state index contributed by atoms with van der Waals surface area (Å²) in [4.78, 5) is 15.0. The number of hydrogen-bond donors (Lipinski definition) is 0. The van der Waals surface area contributed by atoms with Crippen molar-refractivity contribution < 1.29 is 14.3 Å². The fourth-order valence-electron chi connectivity index (χ4n) is 2.80. The first kappa shape index (κ1) is 15.4. The third-order valence-corrected chi connectivity index (χ3v) is 4.26. The second kappa shape index (κ2) is 5.95. The highest BCUT2D eigenvalue weighted by molar-refractivity contribution is 6.00. The van der Waals surface area contributed by atoms with Crippen molar-refractivity contribution in [2.75, 3.05) is 18.2 Å². The Morgan fingerprint density at radius 3 is 2.48 bits per heavy atom. The molecular formula is C19H21NO3. The number of rotatable bonds is 4. The van der Waals surface area contributed by atoms with Gasteiger partial charge < -0.3 is 14.4 Å². The Bertz CT molecular complexity index is 710. The normalized spacial score (nSPS) is 13.0. The zero-order valence-electron chi connectivity index (χ0n) is 13.7. The molecule has 0 aromatic heterocycles. The molecule has 1 aliphatic heterocycles. The molecule has 4 heteroatoms. The molecule has 0 fully saturated rings. The van der Waals surface area contributed by atoms with Gasteiger partial charge >= 0.3 is 0 Å². The molecule has 1 heterocycles. The van der Waals surface area contributed by atoms with Gasteiger partial charge in [0, 0.05) is 12.2 Å². The summed E-state index contributed by atoms with van der Waals surface area (Å²) in [5.41, 5.74) is 1.17. The van der Waals surface area contributed by atoms with Gasteiger partial charge in [0.1, 0.15) is 0 Å². The van der Waals surface area contributed by atoms with Crippen molar-refractivity contribution in [3.8, 4) is 11.5 Å². The first-order chi connectivity index (χ1) is 11.0. The van der Waals surface area contributed by atoms with Crippen LogP contribution in [0, 0.1) is 0 Å². The van der Waals surface area contributed by atoms with Crippen LogP contribution in [-0.2, 0) is 10.2 Å². The Kier molecular flexibility index (Phi) is 3.99. The van der Waals surface area contributed by atoms with Gasteiger partial charge in [0.05, 0.1) is 5.41 Å². The average Bonchev–Trinajstić information content (AvgIpc) is 3.04. The monoisotopic (exact) mass is 311 g/mol. The minimum atomic E-state index is -0.660. The molecule has 4 nitrogen and oxygen atoms in total. The largest absolute Gasteiger partial charge is 0.454 e. The molecule has 2 aromatic rings. The molecule has 120 valence electrons. The number of carbonyl (C=O) groups is 1. The molecule has 0 aliphatic carbocycles. The molecule has 0 radical (unpaired) electrons. The van der Waals surface area contributed by atoms with Gasteiger partial charge in [-0.15, -0.1) is 0 Å². The third kappa shape index (κ3) is 2.77. The maximum absolute atomic E-state index is 13.2. The lowest BCUT2D eigenvalue weighted by Gasteiger charge is -2.32. The van der Waals surface area contributed by atoms with E-state index in [4.69, 9.17) is 9.47 Å². The minimum Gasteiger partial charge on any atom is -0.454 e. The van der Waals surface area contributed by atoms with Crippen LogP contribution in [0.5, 0.6) is 11.5 Å². The number of anilines is 1. The summed E-state index contributed by atoms with van der Waals surface area (Å²) in [6, 6.07) is 15.4. The van der Waals surface area contributed by atoms with E-state index in [1.807, 2.05) is 74.2 Å². The summed E-state index contributed by atoms with van der Waals surface area (Å²) in [6.45, 7) is 6.73. The van der Waals surface area contributed by atoms with Crippen molar-refractivity contribution in [1.29, 1.82) is 0 Å². The highest BCUT2D eigenvalue weighted by Gasteiger charge is 2.35. The van der Waals surface area contributed by atoms with Crippen LogP contribution in [0.25, 0.3) is 0 Å². The van der Waals surface area contributed by atoms with Crippen LogP contribution in [0.3, 0.4) is 0 Å². The highest BCUT2D eigenvalue weighted by Crippen LogP contribution is 2.37. The van der Waals surface area contributed by atoms with E-state index in [0.717, 1.165) is 17.0 Å². The number of carbonyl (C=O) groups excluding carboxylic acids is 1. The van der Waals surface area contributed by atoms with Crippen molar-refractivity contribution in [3.63, 3.8) is 0 Å². The van der Waals surface area contributed by atoms with Gasteiger partial charge in [-0.3, -0.25) is 4.79 Å². The number of amides is 1. The lowest BCUT2D eigenvalue weighted by molar-refractivity contribution is -0.123. The summed E-state index contributed by atoms with van der Waals surface area (Å²) in [5.74, 6) is 1.49. The summed E-state index contributed by atoms with van der Waals surface area (Å²) >= 11 is 0. The molecule has 0 bridgehead atoms. The smallest absolute Gasteiger partial charge is 0.237 e. The SMILES string of the molecule is CCN(C(=O)C(C)(C)c1ccc2c(c1)OCO2)c1ccccc1. The van der Waals surface area contributed by atoms with Gasteiger partial charge in [-0.1, -0.05) is 24.3 Å². The number of hydrogen-bond acceptors (Lipinski definition) is 3. The van der Waals surface area contributed by atoms with Crippen LogP contribution in [0.2, 0.25) is 0 Å². The van der Waals surface area contributed by atoms with E-state index < -0.39 is 5.41 Å². The van der Waals surface area contributed by atoms with E-state index in [-0.39, 0.29) is 12.7 Å². The topological polar surface area (TPSA) is 38.8 Å². The van der Waals surface area contributed by atoms with Crippen molar-refractivity contribution in [3.05, 3.63) is 54.1 Å². The fourth-order valence-corrected chi connectivity index (χ4v) is 2.80. The Hall–Kier alpha value is -2.49. The van der Waals surface area contributed by atoms with Crippen LogP contribution in [0.4, 0.5) is 5.69 Å². The fraction of sp³-hybridized carbons (Fsp3) is 0.316. The zero-order valence-corrected chi connectivity index (χ0v) is 13.7. The minimum absolute atomic E-state index is 0.0602. The lowest BCUT2D eigenvalue weighted by atomic mass is 9.82. The van der Waals surface area contributed by atoms with Gasteiger partial charge in [-0.2, -0.15) is 0 Å². The maximum Gasteiger partial charge on any atom is 0.237 e. The third-order valence-electron chi connectivity index (χ3n) is 4.26. The van der Waals surface area contributed by atoms with Crippen molar-refractivity contribution in [2.24, 2.45) is 0 Å². The van der Waals surface area contributed by atoms with E-state index in [1.54, 1.807) is 0 Å². The number of fused-ring (bicyclic) bond motifs is 1. The standard InChI is InChI=1S/C19H21NO3/c1-4-20(15-8-6-5-7-9-15)18(21)19(2,3)14-10-11-16-17(12-14)23-13-22-16/h5-12H,4,13H2,1-3H3. The molecule has 0 saturated carbocycles. The Balaban J connectivity index is 1.93. The molecule has 3 rings (SSSR count). The number of nitrogens with zero attached hydrogens (tertiary/aromatic N) is 1. The van der Waals surface area contributed by atoms with Gasteiger partial charge in [0.25, 0.3) is 0 Å². The van der Waals surface area contributed by atoms with E-state index in [0.29, 0.717) is 12.3 Å². The summed E-state index contributed by atoms with van der Waals surface area (Å²) in [7, 11) is 0. The van der Waals surface area contributed by atoms with Crippen molar-refractivity contribution >= 4 is 11.6 Å². The number of benzene rings is 2. The molecular weight excluding hydrogens is 290 g/mol. The molecule has 1 amide bonds. The summed E-state index contributed by atoms with van der Waals surface area (Å²) in [5, 5.41) is 0. The molecule has 2 aromatic carbocycles. The number of likely N-dealkylation sites (N-methyl/N-ethyl adjacent to an activating group) is 1. The lowest BCUT2D eigenvalue weighted by Crippen LogP contribution is -2.43. The predicted octanol–water partition coefficient (Wildman–Crippen LogP) is 3.75. The van der Waals surface area contributed by atoms with Gasteiger partial charge in [-0.25, -0.2) is 0 Å². The van der Waals surface area contributed by atoms with E-state index in [1.165, 1.54) is 0 Å². The van der Waals surface area contributed by atoms with Crippen molar-refractivity contribution in [1.82, 2.24) is 0 Å². The second-order valence-corrected chi connectivity index (χ2v) is 6.08. The molecule has 1 aliphatic rings. The van der Waals surface area contributed by atoms with Gasteiger partial charge in [0.2, 0.25) is 12.7 Å². The van der Waals surface area contributed by atoms with Gasteiger partial charge in [-0.05, 0) is 50.6 Å². The first-order valence-corrected chi connectivity index (χ1v) is 7.81. The number of para-hydroxylation sites is 1. The molecule has 0 spiro atoms. The molecule has 0 atom stereocenters. The highest BCUT2D eigenvalue weighted by atomic mass is 16.7. The second-order valence-electron chi connectivity index (χ2n) is 6.08. The Labute approximate surface area is 136 Å². The summed E-state index contributed by atoms with van der Waals surface area (Å²) in [6.07, 6.45) is 0. The Morgan fingerprint density at radius 1 is 1.09 bits per heavy atom. The van der Waals surface area contributed by atoms with E-state index in [9.17, 15) is 4.79 Å². The molecule has 23 heavy (non-hydrogen) atoms. The first-order valence-electron chi connectivity index (χ1n) is 7.81. The molecule has 0 N–H and O–H groups in total. The van der Waals surface area contributed by atoms with E-state index in [2.05, 4.69) is 0 Å². The Morgan fingerprint density at radius 2 is 1.78 bits per heavy atom. The maximum atomic E-state index is 13.2. The quantitative estimate of drug-likeness (QED) is 0.863. The molecule has 0 saturated heterocycles. The van der Waals surface area contributed by atoms with Crippen LogP contribution in [0.1, 0.15) is 26.3 Å². The van der Waals surface area contributed by atoms with Crippen LogP contribution >= 0.6 is 0 Å². The van der Waals surface area contributed by atoms with Crippen LogP contribution < -0.4 is 14.4 Å². The number of ether oxygens (including phenoxy) is 2. The average molecular weight is 311 g/mol. The predicted molar refractivity (Wildman–Crippen MR) is 90.1 cm³/mol. The summed E-state index contributed by atoms with van der Waals surface area (Å²) < 4.78 is 10.8. The van der Waals surface area contributed by atoms with E-state index >= 15 is 0 Å². The van der Waals surface area contributed by atoms with Crippen molar-refractivity contribution in [2.45, 2.75) is 26.2 Å². The van der Waals surface area contributed by atoms with Crippen LogP contribution in [-0.4, -0.2) is 19.2 Å². The zero-order chi connectivity index (χ0) is 16.4. The molecule has 0 unspecified atom stereocenters.